The van der Waals surface area contributed by atoms with E-state index in [9.17, 15) is 0 Å². The van der Waals surface area contributed by atoms with E-state index in [1.54, 1.807) is 0 Å². The van der Waals surface area contributed by atoms with Gasteiger partial charge in [0.1, 0.15) is 0 Å². The van der Waals surface area contributed by atoms with Crippen molar-refractivity contribution in [3.8, 4) is 0 Å². The molecule has 0 aromatic heterocycles. The minimum atomic E-state index is 0. The summed E-state index contributed by atoms with van der Waals surface area (Å²) < 4.78 is 1.01. The van der Waals surface area contributed by atoms with Crippen molar-refractivity contribution in [3.63, 3.8) is 0 Å². The topological polar surface area (TPSA) is 26.0 Å². The zero-order chi connectivity index (χ0) is 10.4. The molecule has 0 bridgehead atoms. The van der Waals surface area contributed by atoms with E-state index in [0.717, 1.165) is 30.5 Å². The van der Waals surface area contributed by atoms with Crippen LogP contribution in [0, 0.1) is 0 Å². The van der Waals surface area contributed by atoms with E-state index in [1.807, 2.05) is 0 Å². The third-order valence-corrected chi connectivity index (χ3v) is 2.58. The van der Waals surface area contributed by atoms with Gasteiger partial charge in [0.15, 0.2) is 0 Å². The van der Waals surface area contributed by atoms with E-state index in [0.29, 0.717) is 0 Å². The summed E-state index contributed by atoms with van der Waals surface area (Å²) in [6.45, 7) is 2.97. The molecule has 2 N–H and O–H groups in total. The highest BCUT2D eigenvalue weighted by atomic mass is 35.5. The first-order chi connectivity index (χ1) is 6.64. The van der Waals surface area contributed by atoms with Gasteiger partial charge < -0.3 is 22.6 Å². The molecule has 0 aliphatic heterocycles. The van der Waals surface area contributed by atoms with Crippen molar-refractivity contribution >= 4 is 0 Å². The summed E-state index contributed by atoms with van der Waals surface area (Å²) in [5.74, 6) is 0. The maximum absolute atomic E-state index is 5.57. The molecule has 0 spiro atoms. The molecule has 1 aromatic carbocycles. The summed E-state index contributed by atoms with van der Waals surface area (Å²) in [6, 6.07) is 10.6. The van der Waals surface area contributed by atoms with Gasteiger partial charge in [0, 0.05) is 13.0 Å². The molecule has 0 heterocycles. The van der Waals surface area contributed by atoms with E-state index in [2.05, 4.69) is 44.4 Å². The van der Waals surface area contributed by atoms with Crippen LogP contribution in [0.3, 0.4) is 0 Å². The van der Waals surface area contributed by atoms with Gasteiger partial charge >= 0.3 is 0 Å². The van der Waals surface area contributed by atoms with Crippen LogP contribution in [0.25, 0.3) is 0 Å². The molecule has 1 aromatic rings. The molecule has 0 amide bonds. The first-order valence-corrected chi connectivity index (χ1v) is 5.20. The average molecular weight is 229 g/mol. The van der Waals surface area contributed by atoms with Gasteiger partial charge in [0.05, 0.1) is 27.2 Å². The van der Waals surface area contributed by atoms with Crippen molar-refractivity contribution < 1.29 is 16.9 Å². The molecule has 15 heavy (non-hydrogen) atoms. The van der Waals surface area contributed by atoms with E-state index >= 15 is 0 Å². The fraction of sp³-hybridized carbons (Fsp3) is 0.500. The molecule has 0 atom stereocenters. The molecule has 0 saturated heterocycles. The van der Waals surface area contributed by atoms with Gasteiger partial charge in [-0.25, -0.2) is 0 Å². The maximum Gasteiger partial charge on any atom is 0.0907 e. The standard InChI is InChI=1S/C12H21N2.ClH/c1-14(2,11-9-13)10-8-12-6-4-3-5-7-12;/h3-7H,8-11,13H2,1-2H3;1H/q+1;/p-1. The first kappa shape index (κ1) is 14.4. The average Bonchev–Trinajstić information content (AvgIpc) is 2.17. The van der Waals surface area contributed by atoms with Crippen molar-refractivity contribution in [2.45, 2.75) is 6.42 Å². The van der Waals surface area contributed by atoms with Gasteiger partial charge in [-0.3, -0.25) is 0 Å². The minimum Gasteiger partial charge on any atom is -1.00 e. The molecule has 0 fully saturated rings. The van der Waals surface area contributed by atoms with Crippen molar-refractivity contribution in [3.05, 3.63) is 35.9 Å². The van der Waals surface area contributed by atoms with Crippen LogP contribution in [-0.4, -0.2) is 38.2 Å². The summed E-state index contributed by atoms with van der Waals surface area (Å²) in [7, 11) is 4.46. The SMILES string of the molecule is C[N+](C)(CCN)CCc1ccccc1.[Cl-]. The second-order valence-corrected chi connectivity index (χ2v) is 4.41. The second-order valence-electron chi connectivity index (χ2n) is 4.41. The number of benzene rings is 1. The largest absolute Gasteiger partial charge is 1.00 e. The van der Waals surface area contributed by atoms with Crippen LogP contribution in [0.1, 0.15) is 5.56 Å². The fourth-order valence-corrected chi connectivity index (χ4v) is 1.54. The molecule has 0 unspecified atom stereocenters. The molecule has 0 aliphatic rings. The highest BCUT2D eigenvalue weighted by Crippen LogP contribution is 2.03. The molecular formula is C12H21ClN2. The lowest BCUT2D eigenvalue weighted by Crippen LogP contribution is -3.00. The van der Waals surface area contributed by atoms with Crippen LogP contribution in [0.4, 0.5) is 0 Å². The zero-order valence-corrected chi connectivity index (χ0v) is 10.4. The summed E-state index contributed by atoms with van der Waals surface area (Å²) in [4.78, 5) is 0. The van der Waals surface area contributed by atoms with Gasteiger partial charge in [-0.15, -0.1) is 0 Å². The predicted molar refractivity (Wildman–Crippen MR) is 61.0 cm³/mol. The normalized spacial score (nSPS) is 10.9. The van der Waals surface area contributed by atoms with E-state index in [1.165, 1.54) is 5.56 Å². The van der Waals surface area contributed by atoms with Crippen molar-refractivity contribution in [2.24, 2.45) is 5.73 Å². The van der Waals surface area contributed by atoms with Crippen LogP contribution in [0.5, 0.6) is 0 Å². The Labute approximate surface area is 99.1 Å². The quantitative estimate of drug-likeness (QED) is 0.596. The van der Waals surface area contributed by atoms with Crippen LogP contribution >= 0.6 is 0 Å². The van der Waals surface area contributed by atoms with Gasteiger partial charge in [-0.1, -0.05) is 30.3 Å². The molecule has 86 valence electrons. The third kappa shape index (κ3) is 5.78. The highest BCUT2D eigenvalue weighted by molar-refractivity contribution is 5.14. The third-order valence-electron chi connectivity index (χ3n) is 2.58. The smallest absolute Gasteiger partial charge is 0.0907 e. The molecule has 0 aliphatic carbocycles. The first-order valence-electron chi connectivity index (χ1n) is 5.20. The minimum absolute atomic E-state index is 0. The monoisotopic (exact) mass is 228 g/mol. The van der Waals surface area contributed by atoms with Crippen molar-refractivity contribution in [1.82, 2.24) is 0 Å². The van der Waals surface area contributed by atoms with Crippen LogP contribution in [0.2, 0.25) is 0 Å². The van der Waals surface area contributed by atoms with Crippen molar-refractivity contribution in [1.29, 1.82) is 0 Å². The molecule has 3 heteroatoms. The van der Waals surface area contributed by atoms with Crippen LogP contribution in [-0.2, 0) is 6.42 Å². The molecule has 0 radical (unpaired) electrons. The Balaban J connectivity index is 0.00000196. The lowest BCUT2D eigenvalue weighted by atomic mass is 10.1. The molecule has 1 rings (SSSR count). The Morgan fingerprint density at radius 2 is 1.67 bits per heavy atom. The Morgan fingerprint density at radius 1 is 1.07 bits per heavy atom. The lowest BCUT2D eigenvalue weighted by Gasteiger charge is -2.29. The van der Waals surface area contributed by atoms with E-state index < -0.39 is 0 Å². The lowest BCUT2D eigenvalue weighted by molar-refractivity contribution is -0.888. The number of nitrogens with zero attached hydrogens (tertiary/aromatic N) is 1. The number of halogens is 1. The highest BCUT2D eigenvalue weighted by Gasteiger charge is 2.12. The number of hydrogen-bond acceptors (Lipinski definition) is 1. The van der Waals surface area contributed by atoms with Gasteiger partial charge in [0.2, 0.25) is 0 Å². The number of hydrogen-bond donors (Lipinski definition) is 1. The van der Waals surface area contributed by atoms with Crippen molar-refractivity contribution in [2.75, 3.05) is 33.7 Å². The van der Waals surface area contributed by atoms with Gasteiger partial charge in [-0.05, 0) is 5.56 Å². The molecule has 0 saturated carbocycles. The summed E-state index contributed by atoms with van der Waals surface area (Å²) in [6.07, 6.45) is 1.13. The summed E-state index contributed by atoms with van der Waals surface area (Å²) >= 11 is 0. The second kappa shape index (κ2) is 6.83. The molecular weight excluding hydrogens is 208 g/mol. The van der Waals surface area contributed by atoms with Crippen LogP contribution in [0.15, 0.2) is 30.3 Å². The van der Waals surface area contributed by atoms with E-state index in [-0.39, 0.29) is 12.4 Å². The Bertz CT molecular complexity index is 260. The number of nitrogens with two attached hydrogens (primary N) is 1. The summed E-state index contributed by atoms with van der Waals surface area (Å²) in [5, 5.41) is 0. The predicted octanol–water partition coefficient (Wildman–Crippen LogP) is -1.73. The number of likely N-dealkylation sites (N-methyl/N-ethyl adjacent to an activating group) is 1. The Hall–Kier alpha value is -0.570. The van der Waals surface area contributed by atoms with Gasteiger partial charge in [-0.2, -0.15) is 0 Å². The van der Waals surface area contributed by atoms with Crippen LogP contribution < -0.4 is 18.1 Å². The number of rotatable bonds is 5. The summed E-state index contributed by atoms with van der Waals surface area (Å²) in [5.41, 5.74) is 6.98. The van der Waals surface area contributed by atoms with Gasteiger partial charge in [0.25, 0.3) is 0 Å². The number of quaternary nitrogens is 1. The maximum atomic E-state index is 5.57. The van der Waals surface area contributed by atoms with E-state index in [4.69, 9.17) is 5.73 Å². The fourth-order valence-electron chi connectivity index (χ4n) is 1.54. The molecule has 2 nitrogen and oxygen atoms in total. The Morgan fingerprint density at radius 3 is 2.20 bits per heavy atom. The Kier molecular flexibility index (Phi) is 6.57. The zero-order valence-electron chi connectivity index (χ0n) is 9.62.